The fraction of sp³-hybridized carbons (Fsp3) is 0.471. The van der Waals surface area contributed by atoms with Crippen LogP contribution in [0.3, 0.4) is 0 Å². The number of likely N-dealkylation sites (N-methyl/N-ethyl adjacent to an activating group) is 1. The van der Waals surface area contributed by atoms with E-state index in [4.69, 9.17) is 30.9 Å². The SMILES string of the molecule is CC(C(N)=O)C([C@H](N)C(=O)O)N(C)OC(=O)CCc1ccc2c(c1)OCO2. The molecule has 10 nitrogen and oxygen atoms in total. The lowest BCUT2D eigenvalue weighted by molar-refractivity contribution is -0.202. The van der Waals surface area contributed by atoms with Crippen LogP contribution in [-0.2, 0) is 25.6 Å². The number of amides is 1. The number of aliphatic carboxylic acids is 1. The number of primary amides is 1. The molecule has 148 valence electrons. The Kier molecular flexibility index (Phi) is 6.59. The van der Waals surface area contributed by atoms with Gasteiger partial charge in [-0.2, -0.15) is 0 Å². The maximum atomic E-state index is 12.1. The van der Waals surface area contributed by atoms with Crippen molar-refractivity contribution in [2.24, 2.45) is 17.4 Å². The van der Waals surface area contributed by atoms with Crippen molar-refractivity contribution in [1.82, 2.24) is 5.06 Å². The minimum absolute atomic E-state index is 0.0317. The highest BCUT2D eigenvalue weighted by molar-refractivity contribution is 5.80. The van der Waals surface area contributed by atoms with Crippen LogP contribution in [-0.4, -0.2) is 53.9 Å². The van der Waals surface area contributed by atoms with Gasteiger partial charge in [0.15, 0.2) is 11.5 Å². The largest absolute Gasteiger partial charge is 0.480 e. The third-order valence-corrected chi connectivity index (χ3v) is 4.33. The van der Waals surface area contributed by atoms with Crippen LogP contribution in [0.5, 0.6) is 11.5 Å². The van der Waals surface area contributed by atoms with E-state index >= 15 is 0 Å². The normalized spacial score (nSPS) is 15.9. The topological polar surface area (TPSA) is 154 Å². The highest BCUT2D eigenvalue weighted by Gasteiger charge is 2.37. The molecule has 0 radical (unpaired) electrons. The summed E-state index contributed by atoms with van der Waals surface area (Å²) >= 11 is 0. The van der Waals surface area contributed by atoms with E-state index in [1.165, 1.54) is 14.0 Å². The van der Waals surface area contributed by atoms with Crippen molar-refractivity contribution in [3.05, 3.63) is 23.8 Å². The van der Waals surface area contributed by atoms with Gasteiger partial charge in [0.25, 0.3) is 0 Å². The Labute approximate surface area is 155 Å². The van der Waals surface area contributed by atoms with Crippen molar-refractivity contribution >= 4 is 17.8 Å². The lowest BCUT2D eigenvalue weighted by atomic mass is 9.94. The van der Waals surface area contributed by atoms with E-state index < -0.39 is 35.8 Å². The van der Waals surface area contributed by atoms with Crippen LogP contribution in [0.2, 0.25) is 0 Å². The molecule has 27 heavy (non-hydrogen) atoms. The molecule has 10 heteroatoms. The molecule has 3 atom stereocenters. The first-order chi connectivity index (χ1) is 12.7. The molecule has 5 N–H and O–H groups in total. The highest BCUT2D eigenvalue weighted by Crippen LogP contribution is 2.32. The van der Waals surface area contributed by atoms with E-state index in [2.05, 4.69) is 0 Å². The summed E-state index contributed by atoms with van der Waals surface area (Å²) in [5, 5.41) is 10.1. The Morgan fingerprint density at radius 2 is 1.96 bits per heavy atom. The average Bonchev–Trinajstić information content (AvgIpc) is 3.07. The maximum absolute atomic E-state index is 12.1. The smallest absolute Gasteiger partial charge is 0.325 e. The monoisotopic (exact) mass is 381 g/mol. The summed E-state index contributed by atoms with van der Waals surface area (Å²) in [7, 11) is 1.34. The number of nitrogens with zero attached hydrogens (tertiary/aromatic N) is 1. The van der Waals surface area contributed by atoms with E-state index in [-0.39, 0.29) is 13.2 Å². The van der Waals surface area contributed by atoms with Crippen LogP contribution < -0.4 is 20.9 Å². The minimum atomic E-state index is -1.46. The predicted octanol–water partition coefficient (Wildman–Crippen LogP) is -0.360. The van der Waals surface area contributed by atoms with Crippen molar-refractivity contribution in [3.63, 3.8) is 0 Å². The van der Waals surface area contributed by atoms with Gasteiger partial charge in [-0.15, -0.1) is 5.06 Å². The van der Waals surface area contributed by atoms with Crippen LogP contribution in [0.25, 0.3) is 0 Å². The van der Waals surface area contributed by atoms with E-state index in [1.807, 2.05) is 6.07 Å². The van der Waals surface area contributed by atoms with E-state index in [9.17, 15) is 14.4 Å². The molecule has 0 bridgehead atoms. The third-order valence-electron chi connectivity index (χ3n) is 4.33. The van der Waals surface area contributed by atoms with Gasteiger partial charge in [0.2, 0.25) is 12.7 Å². The van der Waals surface area contributed by atoms with Gasteiger partial charge in [-0.25, -0.2) is 0 Å². The summed E-state index contributed by atoms with van der Waals surface area (Å²) in [5.41, 5.74) is 11.7. The van der Waals surface area contributed by atoms with Gasteiger partial charge in [-0.05, 0) is 24.1 Å². The number of aryl methyl sites for hydroxylation is 1. The van der Waals surface area contributed by atoms with Crippen LogP contribution in [0.15, 0.2) is 18.2 Å². The molecule has 1 aromatic carbocycles. The van der Waals surface area contributed by atoms with Crippen molar-refractivity contribution in [3.8, 4) is 11.5 Å². The van der Waals surface area contributed by atoms with Gasteiger partial charge in [-0.1, -0.05) is 13.0 Å². The lowest BCUT2D eigenvalue weighted by Crippen LogP contribution is -2.56. The number of hydroxylamine groups is 2. The average molecular weight is 381 g/mol. The molecule has 0 fully saturated rings. The van der Waals surface area contributed by atoms with Crippen molar-refractivity contribution in [2.75, 3.05) is 13.8 Å². The molecule has 0 saturated heterocycles. The van der Waals surface area contributed by atoms with Gasteiger partial charge in [0.1, 0.15) is 6.04 Å². The minimum Gasteiger partial charge on any atom is -0.480 e. The summed E-state index contributed by atoms with van der Waals surface area (Å²) in [6.07, 6.45) is 0.411. The predicted molar refractivity (Wildman–Crippen MR) is 92.5 cm³/mol. The van der Waals surface area contributed by atoms with Crippen LogP contribution in [0.4, 0.5) is 0 Å². The zero-order valence-corrected chi connectivity index (χ0v) is 15.1. The summed E-state index contributed by atoms with van der Waals surface area (Å²) in [6.45, 7) is 1.58. The van der Waals surface area contributed by atoms with Gasteiger partial charge in [0.05, 0.1) is 18.4 Å². The first-order valence-electron chi connectivity index (χ1n) is 8.30. The van der Waals surface area contributed by atoms with Crippen molar-refractivity contribution in [2.45, 2.75) is 31.8 Å². The number of rotatable bonds is 9. The molecule has 2 unspecified atom stereocenters. The number of nitrogens with two attached hydrogens (primary N) is 2. The highest BCUT2D eigenvalue weighted by atomic mass is 16.7. The second-order valence-corrected chi connectivity index (χ2v) is 6.24. The quantitative estimate of drug-likeness (QED) is 0.486. The first-order valence-corrected chi connectivity index (χ1v) is 8.30. The summed E-state index contributed by atoms with van der Waals surface area (Å²) in [4.78, 5) is 39.9. The Bertz CT molecular complexity index is 704. The Balaban J connectivity index is 1.95. The van der Waals surface area contributed by atoms with E-state index in [0.717, 1.165) is 10.6 Å². The molecule has 2 rings (SSSR count). The van der Waals surface area contributed by atoms with Gasteiger partial charge < -0.3 is 30.9 Å². The molecular weight excluding hydrogens is 358 g/mol. The summed E-state index contributed by atoms with van der Waals surface area (Å²) < 4.78 is 10.5. The van der Waals surface area contributed by atoms with Crippen molar-refractivity contribution < 1.29 is 33.8 Å². The summed E-state index contributed by atoms with van der Waals surface area (Å²) in [5.74, 6) is -2.37. The van der Waals surface area contributed by atoms with Gasteiger partial charge in [0, 0.05) is 7.05 Å². The summed E-state index contributed by atoms with van der Waals surface area (Å²) in [6, 6.07) is 2.78. The molecule has 0 aromatic heterocycles. The van der Waals surface area contributed by atoms with Crippen LogP contribution >= 0.6 is 0 Å². The van der Waals surface area contributed by atoms with Crippen molar-refractivity contribution in [1.29, 1.82) is 0 Å². The standard InChI is InChI=1S/C17H23N3O7/c1-9(16(19)22)15(14(18)17(23)24)20(2)27-13(21)6-4-10-3-5-11-12(7-10)26-8-25-11/h3,5,7,9,14-15H,4,6,8,18H2,1-2H3,(H2,19,22)(H,23,24)/t9?,14-,15?/m0/s1. The number of hydrogen-bond acceptors (Lipinski definition) is 8. The molecule has 0 saturated carbocycles. The number of hydrogen-bond donors (Lipinski definition) is 3. The zero-order valence-electron chi connectivity index (χ0n) is 15.1. The van der Waals surface area contributed by atoms with Crippen LogP contribution in [0.1, 0.15) is 18.9 Å². The molecule has 1 heterocycles. The molecule has 0 spiro atoms. The van der Waals surface area contributed by atoms with E-state index in [0.29, 0.717) is 17.9 Å². The number of carboxylic acid groups (broad SMARTS) is 1. The Morgan fingerprint density at radius 3 is 2.59 bits per heavy atom. The number of carboxylic acids is 1. The Hall–Kier alpha value is -2.85. The number of carbonyl (C=O) groups excluding carboxylic acids is 2. The molecule has 1 amide bonds. The maximum Gasteiger partial charge on any atom is 0.325 e. The fourth-order valence-corrected chi connectivity index (χ4v) is 2.78. The molecular formula is C17H23N3O7. The lowest BCUT2D eigenvalue weighted by Gasteiger charge is -2.32. The number of fused-ring (bicyclic) bond motifs is 1. The van der Waals surface area contributed by atoms with Gasteiger partial charge in [-0.3, -0.25) is 14.4 Å². The second-order valence-electron chi connectivity index (χ2n) is 6.24. The zero-order chi connectivity index (χ0) is 20.1. The molecule has 1 aliphatic rings. The second kappa shape index (κ2) is 8.69. The first kappa shape index (κ1) is 20.5. The Morgan fingerprint density at radius 1 is 1.30 bits per heavy atom. The third kappa shape index (κ3) is 5.08. The fourth-order valence-electron chi connectivity index (χ4n) is 2.78. The van der Waals surface area contributed by atoms with Gasteiger partial charge >= 0.3 is 11.9 Å². The number of ether oxygens (including phenoxy) is 2. The number of carbonyl (C=O) groups is 3. The molecule has 0 aliphatic carbocycles. The number of benzene rings is 1. The molecule has 1 aliphatic heterocycles. The van der Waals surface area contributed by atoms with E-state index in [1.54, 1.807) is 12.1 Å². The molecule has 1 aromatic rings. The van der Waals surface area contributed by atoms with Crippen LogP contribution in [0, 0.1) is 5.92 Å².